The van der Waals surface area contributed by atoms with E-state index in [1.807, 2.05) is 24.3 Å². The van der Waals surface area contributed by atoms with E-state index in [0.717, 1.165) is 11.4 Å². The molecule has 0 unspecified atom stereocenters. The maximum absolute atomic E-state index is 13.9. The summed E-state index contributed by atoms with van der Waals surface area (Å²) in [6.07, 6.45) is 1.74. The first-order chi connectivity index (χ1) is 19.3. The first-order valence-corrected chi connectivity index (χ1v) is 14.7. The van der Waals surface area contributed by atoms with E-state index in [1.54, 1.807) is 41.4 Å². The van der Waals surface area contributed by atoms with Crippen molar-refractivity contribution in [1.82, 2.24) is 9.88 Å². The highest BCUT2D eigenvalue weighted by Gasteiger charge is 2.36. The summed E-state index contributed by atoms with van der Waals surface area (Å²) < 4.78 is 27.5. The van der Waals surface area contributed by atoms with Crippen LogP contribution in [-0.4, -0.2) is 56.3 Å². The fourth-order valence-corrected chi connectivity index (χ4v) is 7.02. The van der Waals surface area contributed by atoms with Gasteiger partial charge in [-0.15, -0.1) is 0 Å². The van der Waals surface area contributed by atoms with Gasteiger partial charge in [-0.05, 0) is 60.2 Å². The van der Waals surface area contributed by atoms with Gasteiger partial charge in [0.05, 0.1) is 27.6 Å². The monoisotopic (exact) mass is 572 g/mol. The van der Waals surface area contributed by atoms with E-state index in [-0.39, 0.29) is 33.5 Å². The zero-order valence-electron chi connectivity index (χ0n) is 21.4. The summed E-state index contributed by atoms with van der Waals surface area (Å²) in [6.45, 7) is 2.30. The topological polar surface area (TPSA) is 90.9 Å². The number of halogens is 1. The molecule has 0 bridgehead atoms. The molecule has 0 aliphatic carbocycles. The summed E-state index contributed by atoms with van der Waals surface area (Å²) in [4.78, 5) is 37.1. The molecule has 0 atom stereocenters. The van der Waals surface area contributed by atoms with Gasteiger partial charge < -0.3 is 14.7 Å². The third-order valence-electron chi connectivity index (χ3n) is 7.21. The quantitative estimate of drug-likeness (QED) is 0.352. The first kappa shape index (κ1) is 26.0. The molecule has 6 rings (SSSR count). The van der Waals surface area contributed by atoms with Gasteiger partial charge in [0.15, 0.2) is 0 Å². The number of amides is 2. The van der Waals surface area contributed by atoms with Gasteiger partial charge in [0, 0.05) is 43.0 Å². The second-order valence-corrected chi connectivity index (χ2v) is 12.0. The minimum absolute atomic E-state index is 0.0238. The zero-order chi connectivity index (χ0) is 27.9. The molecule has 3 aromatic carbocycles. The van der Waals surface area contributed by atoms with Crippen molar-refractivity contribution in [2.45, 2.75) is 16.3 Å². The Hall–Kier alpha value is -4.21. The van der Waals surface area contributed by atoms with E-state index in [0.29, 0.717) is 36.8 Å². The minimum Gasteiger partial charge on any atom is -0.353 e. The average Bonchev–Trinajstić information content (AvgIpc) is 3.05. The highest BCUT2D eigenvalue weighted by molar-refractivity contribution is 7.91. The lowest BCUT2D eigenvalue weighted by atomic mass is 10.1. The molecule has 0 saturated carbocycles. The number of rotatable bonds is 4. The van der Waals surface area contributed by atoms with Crippen LogP contribution in [0.15, 0.2) is 101 Å². The Morgan fingerprint density at radius 3 is 2.38 bits per heavy atom. The van der Waals surface area contributed by atoms with Crippen molar-refractivity contribution in [2.75, 3.05) is 36.0 Å². The van der Waals surface area contributed by atoms with Crippen molar-refractivity contribution < 1.29 is 18.0 Å². The Morgan fingerprint density at radius 1 is 0.850 bits per heavy atom. The van der Waals surface area contributed by atoms with E-state index in [1.165, 1.54) is 35.2 Å². The number of hydrogen-bond donors (Lipinski definition) is 0. The van der Waals surface area contributed by atoms with Crippen LogP contribution in [0.2, 0.25) is 5.02 Å². The molecule has 4 aromatic rings. The Morgan fingerprint density at radius 2 is 1.62 bits per heavy atom. The van der Waals surface area contributed by atoms with Gasteiger partial charge in [0.1, 0.15) is 5.82 Å². The normalized spacial score (nSPS) is 16.2. The Kier molecular flexibility index (Phi) is 6.77. The van der Waals surface area contributed by atoms with Gasteiger partial charge in [-0.1, -0.05) is 41.9 Å². The molecule has 2 aliphatic heterocycles. The van der Waals surface area contributed by atoms with Gasteiger partial charge in [0.25, 0.3) is 11.8 Å². The number of benzene rings is 3. The molecule has 0 radical (unpaired) electrons. The molecule has 1 aromatic heterocycles. The predicted molar refractivity (Wildman–Crippen MR) is 153 cm³/mol. The van der Waals surface area contributed by atoms with Crippen LogP contribution in [0, 0.1) is 0 Å². The molecule has 1 saturated heterocycles. The summed E-state index contributed by atoms with van der Waals surface area (Å²) in [6, 6.07) is 23.5. The third kappa shape index (κ3) is 4.71. The summed E-state index contributed by atoms with van der Waals surface area (Å²) in [5.41, 5.74) is 1.29. The highest BCUT2D eigenvalue weighted by atomic mass is 35.5. The van der Waals surface area contributed by atoms with E-state index < -0.39 is 15.7 Å². The lowest BCUT2D eigenvalue weighted by molar-refractivity contribution is 0.0746. The largest absolute Gasteiger partial charge is 0.353 e. The molecule has 1 fully saturated rings. The van der Waals surface area contributed by atoms with Crippen LogP contribution in [0.4, 0.5) is 11.5 Å². The molecule has 10 heteroatoms. The lowest BCUT2D eigenvalue weighted by Gasteiger charge is -2.35. The van der Waals surface area contributed by atoms with Crippen molar-refractivity contribution in [3.8, 4) is 0 Å². The molecule has 3 heterocycles. The van der Waals surface area contributed by atoms with Crippen molar-refractivity contribution in [2.24, 2.45) is 0 Å². The van der Waals surface area contributed by atoms with Crippen LogP contribution in [0.5, 0.6) is 0 Å². The van der Waals surface area contributed by atoms with Crippen LogP contribution < -0.4 is 9.80 Å². The standard InChI is InChI=1S/C30H25ClN4O4S/c31-23-7-5-6-21(18-23)20-35-25-19-22(29(36)34-16-14-33(15-17-34)28-10-3-4-13-32-28)11-12-27(25)40(38,39)26-9-2-1-8-24(26)30(35)37/h1-13,18-19H,14-17,20H2. The fourth-order valence-electron chi connectivity index (χ4n) is 5.18. The van der Waals surface area contributed by atoms with Crippen LogP contribution in [-0.2, 0) is 16.4 Å². The number of anilines is 2. The van der Waals surface area contributed by atoms with Crippen LogP contribution in [0.1, 0.15) is 26.3 Å². The number of piperazine rings is 1. The molecule has 2 aliphatic rings. The molecular formula is C30H25ClN4O4S. The second kappa shape index (κ2) is 10.4. The zero-order valence-corrected chi connectivity index (χ0v) is 23.0. The molecule has 40 heavy (non-hydrogen) atoms. The predicted octanol–water partition coefficient (Wildman–Crippen LogP) is 4.69. The Bertz CT molecular complexity index is 1720. The SMILES string of the molecule is O=C(c1ccc2c(c1)N(Cc1cccc(Cl)c1)C(=O)c1ccccc1S2(=O)=O)N1CCN(c2ccccn2)CC1. The number of hydrogen-bond acceptors (Lipinski definition) is 6. The van der Waals surface area contributed by atoms with Crippen LogP contribution >= 0.6 is 11.6 Å². The fraction of sp³-hybridized carbons (Fsp3) is 0.167. The smallest absolute Gasteiger partial charge is 0.259 e. The lowest BCUT2D eigenvalue weighted by Crippen LogP contribution is -2.49. The number of pyridine rings is 1. The summed E-state index contributed by atoms with van der Waals surface area (Å²) >= 11 is 6.20. The van der Waals surface area contributed by atoms with Crippen LogP contribution in [0.3, 0.4) is 0 Å². The van der Waals surface area contributed by atoms with E-state index in [9.17, 15) is 18.0 Å². The number of carbonyl (C=O) groups is 2. The molecular weight excluding hydrogens is 548 g/mol. The number of carbonyl (C=O) groups excluding carboxylic acids is 2. The van der Waals surface area contributed by atoms with Gasteiger partial charge in [0.2, 0.25) is 9.84 Å². The van der Waals surface area contributed by atoms with E-state index in [2.05, 4.69) is 9.88 Å². The molecule has 2 amide bonds. The number of fused-ring (bicyclic) bond motifs is 2. The van der Waals surface area contributed by atoms with Gasteiger partial charge in [-0.3, -0.25) is 9.59 Å². The number of aromatic nitrogens is 1. The third-order valence-corrected chi connectivity index (χ3v) is 9.30. The molecule has 0 N–H and O–H groups in total. The molecule has 202 valence electrons. The van der Waals surface area contributed by atoms with Gasteiger partial charge in [-0.2, -0.15) is 0 Å². The average molecular weight is 573 g/mol. The highest BCUT2D eigenvalue weighted by Crippen LogP contribution is 2.38. The number of sulfone groups is 1. The summed E-state index contributed by atoms with van der Waals surface area (Å²) in [5.74, 6) is 0.170. The Labute approximate surface area is 237 Å². The number of nitrogens with zero attached hydrogens (tertiary/aromatic N) is 4. The van der Waals surface area contributed by atoms with E-state index >= 15 is 0 Å². The van der Waals surface area contributed by atoms with Crippen LogP contribution in [0.25, 0.3) is 0 Å². The second-order valence-electron chi connectivity index (χ2n) is 9.67. The van der Waals surface area contributed by atoms with E-state index in [4.69, 9.17) is 11.6 Å². The minimum atomic E-state index is -4.04. The van der Waals surface area contributed by atoms with Crippen molar-refractivity contribution in [1.29, 1.82) is 0 Å². The van der Waals surface area contributed by atoms with Gasteiger partial charge >= 0.3 is 0 Å². The molecule has 8 nitrogen and oxygen atoms in total. The van der Waals surface area contributed by atoms with Crippen molar-refractivity contribution >= 4 is 44.8 Å². The maximum atomic E-state index is 13.9. The summed E-state index contributed by atoms with van der Waals surface area (Å²) in [5, 5.41) is 0.502. The molecule has 0 spiro atoms. The Balaban J connectivity index is 1.37. The summed E-state index contributed by atoms with van der Waals surface area (Å²) in [7, 11) is -4.04. The maximum Gasteiger partial charge on any atom is 0.259 e. The van der Waals surface area contributed by atoms with Gasteiger partial charge in [-0.25, -0.2) is 13.4 Å². The van der Waals surface area contributed by atoms with Crippen molar-refractivity contribution in [3.63, 3.8) is 0 Å². The van der Waals surface area contributed by atoms with Crippen molar-refractivity contribution in [3.05, 3.63) is 113 Å². The first-order valence-electron chi connectivity index (χ1n) is 12.8.